The van der Waals surface area contributed by atoms with Gasteiger partial charge in [-0.1, -0.05) is 29.8 Å². The number of hydrogen-bond acceptors (Lipinski definition) is 5. The van der Waals surface area contributed by atoms with Crippen LogP contribution in [0.1, 0.15) is 18.6 Å². The van der Waals surface area contributed by atoms with Crippen LogP contribution in [0.4, 0.5) is 10.5 Å². The lowest BCUT2D eigenvalue weighted by Crippen LogP contribution is -2.13. The highest BCUT2D eigenvalue weighted by Gasteiger charge is 2.16. The summed E-state index contributed by atoms with van der Waals surface area (Å²) in [5, 5.41) is 11.0. The number of nitro groups is 1. The number of ether oxygens (including phenoxy) is 2. The van der Waals surface area contributed by atoms with E-state index >= 15 is 0 Å². The number of non-ortho nitro benzene ring substituents is 1. The molecule has 1 atom stereocenters. The standard InChI is InChI=1S/C15H12ClNO5/c1-10(13-4-2-3-5-14(13)16)21-15(18)22-12-8-6-11(7-9-12)17(19)20/h2-10H,1H3/t10-/m1/s1. The molecule has 0 radical (unpaired) electrons. The van der Waals surface area contributed by atoms with Gasteiger partial charge in [0, 0.05) is 22.7 Å². The molecule has 0 spiro atoms. The maximum atomic E-state index is 11.7. The summed E-state index contributed by atoms with van der Waals surface area (Å²) < 4.78 is 10.1. The lowest BCUT2D eigenvalue weighted by atomic mass is 10.1. The van der Waals surface area contributed by atoms with Gasteiger partial charge < -0.3 is 9.47 Å². The number of hydrogen-bond donors (Lipinski definition) is 0. The van der Waals surface area contributed by atoms with Crippen LogP contribution in [0.2, 0.25) is 5.02 Å². The Kier molecular flexibility index (Phi) is 4.95. The van der Waals surface area contributed by atoms with Crippen molar-refractivity contribution < 1.29 is 19.2 Å². The Morgan fingerprint density at radius 3 is 2.41 bits per heavy atom. The molecule has 0 aliphatic rings. The monoisotopic (exact) mass is 321 g/mol. The molecule has 0 fully saturated rings. The van der Waals surface area contributed by atoms with Gasteiger partial charge >= 0.3 is 6.16 Å². The molecule has 0 amide bonds. The molecule has 7 heteroatoms. The van der Waals surface area contributed by atoms with Crippen LogP contribution in [0.15, 0.2) is 48.5 Å². The predicted molar refractivity (Wildman–Crippen MR) is 80.1 cm³/mol. The molecular formula is C15H12ClNO5. The second kappa shape index (κ2) is 6.91. The second-order valence-corrected chi connectivity index (χ2v) is 4.79. The van der Waals surface area contributed by atoms with E-state index in [0.717, 1.165) is 0 Å². The molecule has 2 aromatic rings. The third-order valence-corrected chi connectivity index (χ3v) is 3.21. The summed E-state index contributed by atoms with van der Waals surface area (Å²) in [6.45, 7) is 1.66. The average Bonchev–Trinajstić information content (AvgIpc) is 2.48. The zero-order valence-electron chi connectivity index (χ0n) is 11.6. The van der Waals surface area contributed by atoms with E-state index in [1.54, 1.807) is 31.2 Å². The van der Waals surface area contributed by atoms with Crippen molar-refractivity contribution in [1.82, 2.24) is 0 Å². The predicted octanol–water partition coefficient (Wildman–Crippen LogP) is 4.52. The molecule has 0 bridgehead atoms. The number of benzene rings is 2. The first kappa shape index (κ1) is 15.8. The summed E-state index contributed by atoms with van der Waals surface area (Å²) >= 11 is 6.01. The largest absolute Gasteiger partial charge is 0.514 e. The Morgan fingerprint density at radius 2 is 1.82 bits per heavy atom. The normalized spacial score (nSPS) is 11.5. The lowest BCUT2D eigenvalue weighted by molar-refractivity contribution is -0.384. The molecule has 0 heterocycles. The third-order valence-electron chi connectivity index (χ3n) is 2.86. The van der Waals surface area contributed by atoms with Gasteiger partial charge in [-0.05, 0) is 25.1 Å². The van der Waals surface area contributed by atoms with Crippen molar-refractivity contribution in [2.45, 2.75) is 13.0 Å². The summed E-state index contributed by atoms with van der Waals surface area (Å²) in [5.74, 6) is 0.155. The molecule has 114 valence electrons. The lowest BCUT2D eigenvalue weighted by Gasteiger charge is -2.14. The van der Waals surface area contributed by atoms with Crippen LogP contribution in [0.5, 0.6) is 5.75 Å². The molecule has 0 aliphatic heterocycles. The zero-order valence-corrected chi connectivity index (χ0v) is 12.3. The summed E-state index contributed by atoms with van der Waals surface area (Å²) in [6.07, 6.45) is -1.50. The summed E-state index contributed by atoms with van der Waals surface area (Å²) in [7, 11) is 0. The second-order valence-electron chi connectivity index (χ2n) is 4.38. The maximum absolute atomic E-state index is 11.7. The van der Waals surface area contributed by atoms with E-state index in [1.807, 2.05) is 0 Å². The fraction of sp³-hybridized carbons (Fsp3) is 0.133. The van der Waals surface area contributed by atoms with Crippen molar-refractivity contribution in [3.63, 3.8) is 0 Å². The first-order chi connectivity index (χ1) is 10.5. The number of carbonyl (C=O) groups excluding carboxylic acids is 1. The highest BCUT2D eigenvalue weighted by atomic mass is 35.5. The average molecular weight is 322 g/mol. The zero-order chi connectivity index (χ0) is 16.1. The molecule has 2 rings (SSSR count). The van der Waals surface area contributed by atoms with E-state index in [1.165, 1.54) is 24.3 Å². The fourth-order valence-electron chi connectivity index (χ4n) is 1.77. The van der Waals surface area contributed by atoms with Crippen molar-refractivity contribution in [3.8, 4) is 5.75 Å². The van der Waals surface area contributed by atoms with Gasteiger partial charge in [-0.25, -0.2) is 4.79 Å². The molecule has 0 N–H and O–H groups in total. The SMILES string of the molecule is C[C@@H](OC(=O)Oc1ccc([N+](=O)[O-])cc1)c1ccccc1Cl. The van der Waals surface area contributed by atoms with Crippen molar-refractivity contribution in [3.05, 3.63) is 69.2 Å². The van der Waals surface area contributed by atoms with Crippen LogP contribution in [0.3, 0.4) is 0 Å². The molecule has 22 heavy (non-hydrogen) atoms. The van der Waals surface area contributed by atoms with E-state index in [0.29, 0.717) is 10.6 Å². The van der Waals surface area contributed by atoms with Gasteiger partial charge in [0.25, 0.3) is 5.69 Å². The Bertz CT molecular complexity index is 687. The Hall–Kier alpha value is -2.60. The number of nitro benzene ring substituents is 1. The van der Waals surface area contributed by atoms with Gasteiger partial charge in [-0.2, -0.15) is 0 Å². The van der Waals surface area contributed by atoms with Gasteiger partial charge in [0.1, 0.15) is 11.9 Å². The first-order valence-electron chi connectivity index (χ1n) is 6.34. The fourth-order valence-corrected chi connectivity index (χ4v) is 2.06. The molecule has 6 nitrogen and oxygen atoms in total. The molecular weight excluding hydrogens is 310 g/mol. The van der Waals surface area contributed by atoms with Crippen molar-refractivity contribution >= 4 is 23.4 Å². The van der Waals surface area contributed by atoms with Gasteiger partial charge in [-0.15, -0.1) is 0 Å². The van der Waals surface area contributed by atoms with Crippen LogP contribution in [-0.2, 0) is 4.74 Å². The summed E-state index contributed by atoms with van der Waals surface area (Å²) in [5.41, 5.74) is 0.565. The topological polar surface area (TPSA) is 78.7 Å². The molecule has 0 aromatic heterocycles. The van der Waals surface area contributed by atoms with Gasteiger partial charge in [0.15, 0.2) is 0 Å². The van der Waals surface area contributed by atoms with Crippen LogP contribution in [0, 0.1) is 10.1 Å². The van der Waals surface area contributed by atoms with Gasteiger partial charge in [-0.3, -0.25) is 10.1 Å². The minimum absolute atomic E-state index is 0.0925. The van der Waals surface area contributed by atoms with Crippen LogP contribution in [-0.4, -0.2) is 11.1 Å². The van der Waals surface area contributed by atoms with E-state index < -0.39 is 17.2 Å². The molecule has 0 saturated heterocycles. The van der Waals surface area contributed by atoms with Crippen molar-refractivity contribution in [2.75, 3.05) is 0 Å². The molecule has 0 aliphatic carbocycles. The maximum Gasteiger partial charge on any atom is 0.514 e. The summed E-state index contributed by atoms with van der Waals surface area (Å²) in [6, 6.07) is 12.1. The minimum Gasteiger partial charge on any atom is -0.426 e. The van der Waals surface area contributed by atoms with Crippen molar-refractivity contribution in [2.24, 2.45) is 0 Å². The quantitative estimate of drug-likeness (QED) is 0.358. The Labute approximate surface area is 131 Å². The van der Waals surface area contributed by atoms with Crippen molar-refractivity contribution in [1.29, 1.82) is 0 Å². The summed E-state index contributed by atoms with van der Waals surface area (Å²) in [4.78, 5) is 21.7. The van der Waals surface area contributed by atoms with E-state index in [4.69, 9.17) is 21.1 Å². The number of carbonyl (C=O) groups is 1. The van der Waals surface area contributed by atoms with Crippen LogP contribution in [0.25, 0.3) is 0 Å². The van der Waals surface area contributed by atoms with Crippen LogP contribution < -0.4 is 4.74 Å². The highest BCUT2D eigenvalue weighted by molar-refractivity contribution is 6.31. The Morgan fingerprint density at radius 1 is 1.18 bits per heavy atom. The Balaban J connectivity index is 1.98. The molecule has 0 unspecified atom stereocenters. The third kappa shape index (κ3) is 3.95. The van der Waals surface area contributed by atoms with E-state index in [9.17, 15) is 14.9 Å². The van der Waals surface area contributed by atoms with Gasteiger partial charge in [0.05, 0.1) is 4.92 Å². The number of halogens is 1. The highest BCUT2D eigenvalue weighted by Crippen LogP contribution is 2.26. The molecule has 2 aromatic carbocycles. The van der Waals surface area contributed by atoms with Gasteiger partial charge in [0.2, 0.25) is 0 Å². The van der Waals surface area contributed by atoms with E-state index in [2.05, 4.69) is 0 Å². The first-order valence-corrected chi connectivity index (χ1v) is 6.72. The van der Waals surface area contributed by atoms with Crippen LogP contribution >= 0.6 is 11.6 Å². The number of nitrogens with zero attached hydrogens (tertiary/aromatic N) is 1. The smallest absolute Gasteiger partial charge is 0.426 e. The number of rotatable bonds is 4. The minimum atomic E-state index is -0.915. The molecule has 0 saturated carbocycles. The van der Waals surface area contributed by atoms with E-state index in [-0.39, 0.29) is 11.4 Å².